The number of carbonyl (C=O) groups excluding carboxylic acids is 2. The van der Waals surface area contributed by atoms with Gasteiger partial charge in [-0.1, -0.05) is 49.4 Å². The number of nitrogens with zero attached hydrogens (tertiary/aromatic N) is 2. The molecule has 0 bridgehead atoms. The molecule has 42 heavy (non-hydrogen) atoms. The number of benzene rings is 3. The Labute approximate surface area is 246 Å². The van der Waals surface area contributed by atoms with Crippen molar-refractivity contribution >= 4 is 23.5 Å². The molecular weight excluding hydrogens is 534 g/mol. The largest absolute Gasteiger partial charge is 0.488 e. The van der Waals surface area contributed by atoms with E-state index in [0.717, 1.165) is 11.1 Å². The quantitative estimate of drug-likeness (QED) is 0.337. The van der Waals surface area contributed by atoms with Crippen molar-refractivity contribution in [1.82, 2.24) is 9.80 Å². The topological polar surface area (TPSA) is 119 Å². The number of nitrogens with one attached hydrogen (secondary N) is 1. The van der Waals surface area contributed by atoms with Crippen LogP contribution in [0.25, 0.3) is 0 Å². The molecular formula is C33H39N3O6. The smallest absolute Gasteiger partial charge is 0.335 e. The Kier molecular flexibility index (Phi) is 10.3. The number of likely N-dealkylation sites (N-methyl/N-ethyl adjacent to an activating group) is 1. The number of anilines is 1. The molecule has 9 nitrogen and oxygen atoms in total. The van der Waals surface area contributed by atoms with Crippen molar-refractivity contribution in [2.45, 2.75) is 45.4 Å². The minimum atomic E-state index is -0.962. The highest BCUT2D eigenvalue weighted by Crippen LogP contribution is 2.29. The van der Waals surface area contributed by atoms with E-state index < -0.39 is 5.97 Å². The van der Waals surface area contributed by atoms with Crippen LogP contribution in [0, 0.1) is 5.92 Å². The summed E-state index contributed by atoms with van der Waals surface area (Å²) in [4.78, 5) is 41.2. The van der Waals surface area contributed by atoms with E-state index in [1.165, 1.54) is 0 Å². The summed E-state index contributed by atoms with van der Waals surface area (Å²) in [7, 11) is 1.97. The first-order valence-electron chi connectivity index (χ1n) is 14.2. The summed E-state index contributed by atoms with van der Waals surface area (Å²) in [6.45, 7) is 5.26. The summed E-state index contributed by atoms with van der Waals surface area (Å²) in [5, 5.41) is 22.0. The van der Waals surface area contributed by atoms with Gasteiger partial charge in [0, 0.05) is 36.8 Å². The van der Waals surface area contributed by atoms with E-state index in [1.807, 2.05) is 51.2 Å². The van der Waals surface area contributed by atoms with Crippen LogP contribution in [0.1, 0.15) is 40.9 Å². The first-order chi connectivity index (χ1) is 20.1. The predicted octanol–water partition coefficient (Wildman–Crippen LogP) is 3.85. The second-order valence-corrected chi connectivity index (χ2v) is 11.1. The van der Waals surface area contributed by atoms with Crippen LogP contribution in [-0.2, 0) is 29.0 Å². The van der Waals surface area contributed by atoms with Gasteiger partial charge >= 0.3 is 5.97 Å². The highest BCUT2D eigenvalue weighted by molar-refractivity contribution is 5.92. The number of aliphatic hydroxyl groups is 1. The summed E-state index contributed by atoms with van der Waals surface area (Å²) in [5.74, 6) is -0.712. The molecule has 9 heteroatoms. The van der Waals surface area contributed by atoms with Crippen LogP contribution in [-0.4, -0.2) is 76.7 Å². The number of carboxylic acid groups (broad SMARTS) is 1. The van der Waals surface area contributed by atoms with Gasteiger partial charge in [-0.3, -0.25) is 14.5 Å². The monoisotopic (exact) mass is 573 g/mol. The van der Waals surface area contributed by atoms with Crippen molar-refractivity contribution in [3.05, 3.63) is 95.1 Å². The van der Waals surface area contributed by atoms with E-state index in [2.05, 4.69) is 10.2 Å². The number of hydrogen-bond donors (Lipinski definition) is 3. The average molecular weight is 574 g/mol. The zero-order chi connectivity index (χ0) is 30.2. The molecule has 3 aromatic carbocycles. The fourth-order valence-electron chi connectivity index (χ4n) is 5.15. The van der Waals surface area contributed by atoms with Gasteiger partial charge in [-0.15, -0.1) is 0 Å². The molecule has 0 radical (unpaired) electrons. The van der Waals surface area contributed by atoms with Crippen molar-refractivity contribution in [3.63, 3.8) is 0 Å². The van der Waals surface area contributed by atoms with Crippen molar-refractivity contribution in [3.8, 4) is 5.75 Å². The maximum absolute atomic E-state index is 13.5. The molecule has 1 aliphatic heterocycles. The van der Waals surface area contributed by atoms with Crippen LogP contribution in [0.15, 0.2) is 72.8 Å². The summed E-state index contributed by atoms with van der Waals surface area (Å²) in [6, 6.07) is 21.3. The molecule has 1 heterocycles. The van der Waals surface area contributed by atoms with Gasteiger partial charge < -0.3 is 25.2 Å². The summed E-state index contributed by atoms with van der Waals surface area (Å²) >= 11 is 0. The van der Waals surface area contributed by atoms with Crippen molar-refractivity contribution in [2.75, 3.05) is 32.1 Å². The Balaban J connectivity index is 1.55. The first kappa shape index (κ1) is 30.7. The summed E-state index contributed by atoms with van der Waals surface area (Å²) in [6.07, 6.45) is 0.0257. The predicted molar refractivity (Wildman–Crippen MR) is 160 cm³/mol. The first-order valence-corrected chi connectivity index (χ1v) is 14.2. The molecule has 2 amide bonds. The fraction of sp³-hybridized carbons (Fsp3) is 0.364. The van der Waals surface area contributed by atoms with Crippen LogP contribution in [0.5, 0.6) is 5.75 Å². The van der Waals surface area contributed by atoms with Crippen LogP contribution >= 0.6 is 0 Å². The number of aromatic carboxylic acids is 1. The number of carbonyl (C=O) groups is 3. The molecule has 0 unspecified atom stereocenters. The van der Waals surface area contributed by atoms with Crippen molar-refractivity contribution < 1.29 is 29.3 Å². The molecule has 0 fully saturated rings. The maximum Gasteiger partial charge on any atom is 0.335 e. The molecule has 0 saturated carbocycles. The third-order valence-corrected chi connectivity index (χ3v) is 7.55. The normalized spacial score (nSPS) is 17.8. The van der Waals surface area contributed by atoms with E-state index in [9.17, 15) is 24.6 Å². The highest BCUT2D eigenvalue weighted by atomic mass is 16.5. The fourth-order valence-corrected chi connectivity index (χ4v) is 5.15. The lowest BCUT2D eigenvalue weighted by molar-refractivity contribution is -0.134. The van der Waals surface area contributed by atoms with Gasteiger partial charge in [-0.05, 0) is 55.4 Å². The lowest BCUT2D eigenvalue weighted by Crippen LogP contribution is -2.47. The number of hydrogen-bond acceptors (Lipinski definition) is 6. The molecule has 1 aliphatic rings. The summed E-state index contributed by atoms with van der Waals surface area (Å²) in [5.41, 5.74) is 3.37. The minimum Gasteiger partial charge on any atom is -0.488 e. The molecule has 3 atom stereocenters. The van der Waals surface area contributed by atoms with Gasteiger partial charge in [0.25, 0.3) is 0 Å². The summed E-state index contributed by atoms with van der Waals surface area (Å²) < 4.78 is 6.58. The lowest BCUT2D eigenvalue weighted by atomic mass is 10.0. The highest BCUT2D eigenvalue weighted by Gasteiger charge is 2.31. The van der Waals surface area contributed by atoms with E-state index >= 15 is 0 Å². The zero-order valence-electron chi connectivity index (χ0n) is 24.3. The molecule has 4 rings (SSSR count). The number of rotatable bonds is 10. The van der Waals surface area contributed by atoms with Crippen molar-refractivity contribution in [1.29, 1.82) is 0 Å². The molecule has 0 saturated heterocycles. The Morgan fingerprint density at radius 1 is 1.07 bits per heavy atom. The van der Waals surface area contributed by atoms with Crippen LogP contribution in [0.2, 0.25) is 0 Å². The SMILES string of the molecule is C[C@H]1CN([C@@H](C)CO)C(=O)Cc2cc(NC(=O)Cc3ccccc3)ccc2O[C@@H]1CN(C)Cc1ccc(C(=O)O)cc1. The van der Waals surface area contributed by atoms with Crippen molar-refractivity contribution in [2.24, 2.45) is 5.92 Å². The number of ether oxygens (including phenoxy) is 1. The molecule has 0 spiro atoms. The molecule has 3 N–H and O–H groups in total. The Bertz CT molecular complexity index is 1380. The molecule has 222 valence electrons. The second-order valence-electron chi connectivity index (χ2n) is 11.1. The standard InChI is InChI=1S/C33H39N3O6/c1-22-18-36(23(2)21-37)32(39)17-27-16-28(34-31(38)15-24-7-5-4-6-8-24)13-14-29(27)42-30(22)20-35(3)19-25-9-11-26(12-10-25)33(40)41/h4-14,16,22-23,30,37H,15,17-21H2,1-3H3,(H,34,38)(H,40,41)/t22-,23-,30+/m0/s1. The maximum atomic E-state index is 13.5. The van der Waals surface area contributed by atoms with Gasteiger partial charge in [0.2, 0.25) is 11.8 Å². The Morgan fingerprint density at radius 3 is 2.45 bits per heavy atom. The third kappa shape index (κ3) is 8.18. The number of aliphatic hydroxyl groups excluding tert-OH is 1. The van der Waals surface area contributed by atoms with E-state index in [1.54, 1.807) is 47.4 Å². The van der Waals surface area contributed by atoms with E-state index in [0.29, 0.717) is 36.6 Å². The van der Waals surface area contributed by atoms with Crippen LogP contribution in [0.4, 0.5) is 5.69 Å². The average Bonchev–Trinajstić information content (AvgIpc) is 3.00. The zero-order valence-corrected chi connectivity index (χ0v) is 24.3. The van der Waals surface area contributed by atoms with Gasteiger partial charge in [0.15, 0.2) is 0 Å². The van der Waals surface area contributed by atoms with Gasteiger partial charge in [0.05, 0.1) is 31.1 Å². The number of fused-ring (bicyclic) bond motifs is 1. The molecule has 0 aromatic heterocycles. The number of amides is 2. The van der Waals surface area contributed by atoms with E-state index in [4.69, 9.17) is 4.74 Å². The van der Waals surface area contributed by atoms with E-state index in [-0.39, 0.29) is 54.9 Å². The Morgan fingerprint density at radius 2 is 1.79 bits per heavy atom. The molecule has 0 aliphatic carbocycles. The number of carboxylic acids is 1. The van der Waals surface area contributed by atoms with Crippen LogP contribution < -0.4 is 10.1 Å². The van der Waals surface area contributed by atoms with Crippen LogP contribution in [0.3, 0.4) is 0 Å². The third-order valence-electron chi connectivity index (χ3n) is 7.55. The lowest BCUT2D eigenvalue weighted by Gasteiger charge is -2.34. The van der Waals surface area contributed by atoms with Gasteiger partial charge in [0.1, 0.15) is 11.9 Å². The molecule has 3 aromatic rings. The second kappa shape index (κ2) is 14.1. The van der Waals surface area contributed by atoms with Gasteiger partial charge in [-0.25, -0.2) is 4.79 Å². The Hall–Kier alpha value is -4.21. The van der Waals surface area contributed by atoms with Gasteiger partial charge in [-0.2, -0.15) is 0 Å². The minimum absolute atomic E-state index is 0.0593.